The van der Waals surface area contributed by atoms with Gasteiger partial charge in [-0.3, -0.25) is 4.79 Å². The Kier molecular flexibility index (Phi) is 8.98. The van der Waals surface area contributed by atoms with Gasteiger partial charge in [0.1, 0.15) is 0 Å². The van der Waals surface area contributed by atoms with Crippen molar-refractivity contribution in [3.05, 3.63) is 0 Å². The highest BCUT2D eigenvalue weighted by atomic mass is 35.5. The van der Waals surface area contributed by atoms with E-state index >= 15 is 0 Å². The van der Waals surface area contributed by atoms with E-state index in [0.29, 0.717) is 38.3 Å². The predicted octanol–water partition coefficient (Wildman–Crippen LogP) is 1.36. The van der Waals surface area contributed by atoms with Crippen LogP contribution in [0.15, 0.2) is 0 Å². The van der Waals surface area contributed by atoms with E-state index in [-0.39, 0.29) is 36.0 Å². The average molecular weight is 382 g/mol. The first kappa shape index (κ1) is 21.7. The second-order valence-electron chi connectivity index (χ2n) is 6.93. The lowest BCUT2D eigenvalue weighted by molar-refractivity contribution is -0.127. The standard InChI is InChI=1S/C16H31N3O3S.ClH/c1-3-4-11-23(21,22)19-9-6-14(7-10-19)16(20)18-15-12-17-8-5-13(15)2;/h13-15,17H,3-12H2,1-2H3,(H,18,20);1H. The van der Waals surface area contributed by atoms with Crippen LogP contribution in [0.4, 0.5) is 0 Å². The van der Waals surface area contributed by atoms with Crippen LogP contribution in [0, 0.1) is 11.8 Å². The molecule has 2 unspecified atom stereocenters. The van der Waals surface area contributed by atoms with Gasteiger partial charge in [-0.05, 0) is 38.1 Å². The second kappa shape index (κ2) is 9.94. The molecule has 24 heavy (non-hydrogen) atoms. The van der Waals surface area contributed by atoms with Gasteiger partial charge in [0.05, 0.1) is 5.75 Å². The number of piperidine rings is 2. The Bertz CT molecular complexity index is 493. The normalized spacial score (nSPS) is 26.6. The maximum absolute atomic E-state index is 12.4. The number of hydrogen-bond acceptors (Lipinski definition) is 4. The van der Waals surface area contributed by atoms with Crippen molar-refractivity contribution in [2.45, 2.75) is 52.0 Å². The van der Waals surface area contributed by atoms with E-state index in [1.165, 1.54) is 0 Å². The second-order valence-corrected chi connectivity index (χ2v) is 9.02. The van der Waals surface area contributed by atoms with Crippen LogP contribution in [0.1, 0.15) is 46.0 Å². The van der Waals surface area contributed by atoms with E-state index in [2.05, 4.69) is 17.6 Å². The molecule has 0 radical (unpaired) electrons. The van der Waals surface area contributed by atoms with E-state index in [0.717, 1.165) is 25.9 Å². The summed E-state index contributed by atoms with van der Waals surface area (Å²) in [5.41, 5.74) is 0. The quantitative estimate of drug-likeness (QED) is 0.728. The van der Waals surface area contributed by atoms with Gasteiger partial charge in [-0.25, -0.2) is 12.7 Å². The van der Waals surface area contributed by atoms with Gasteiger partial charge in [-0.2, -0.15) is 0 Å². The highest BCUT2D eigenvalue weighted by molar-refractivity contribution is 7.89. The summed E-state index contributed by atoms with van der Waals surface area (Å²) in [6.45, 7) is 6.96. The van der Waals surface area contributed by atoms with Crippen LogP contribution in [-0.4, -0.2) is 56.6 Å². The fourth-order valence-electron chi connectivity index (χ4n) is 3.34. The summed E-state index contributed by atoms with van der Waals surface area (Å²) >= 11 is 0. The number of sulfonamides is 1. The molecule has 142 valence electrons. The Hall–Kier alpha value is -0.370. The molecule has 8 heteroatoms. The minimum atomic E-state index is -3.14. The lowest BCUT2D eigenvalue weighted by Gasteiger charge is -2.34. The molecule has 2 aliphatic heterocycles. The summed E-state index contributed by atoms with van der Waals surface area (Å²) in [6, 6.07) is 0.197. The zero-order chi connectivity index (χ0) is 16.9. The van der Waals surface area contributed by atoms with Gasteiger partial charge in [0.25, 0.3) is 0 Å². The Morgan fingerprint density at radius 2 is 1.92 bits per heavy atom. The highest BCUT2D eigenvalue weighted by Crippen LogP contribution is 2.21. The van der Waals surface area contributed by atoms with Crippen LogP contribution in [0.3, 0.4) is 0 Å². The van der Waals surface area contributed by atoms with Gasteiger partial charge in [0.2, 0.25) is 15.9 Å². The van der Waals surface area contributed by atoms with Crippen molar-refractivity contribution < 1.29 is 13.2 Å². The number of carbonyl (C=O) groups is 1. The van der Waals surface area contributed by atoms with Crippen molar-refractivity contribution in [1.29, 1.82) is 0 Å². The number of halogens is 1. The number of hydrogen-bond donors (Lipinski definition) is 2. The molecule has 0 spiro atoms. The lowest BCUT2D eigenvalue weighted by Crippen LogP contribution is -2.52. The lowest BCUT2D eigenvalue weighted by atomic mass is 9.92. The molecule has 2 fully saturated rings. The van der Waals surface area contributed by atoms with Gasteiger partial charge in [-0.1, -0.05) is 20.3 Å². The van der Waals surface area contributed by atoms with Crippen molar-refractivity contribution >= 4 is 28.3 Å². The molecular weight excluding hydrogens is 350 g/mol. The first-order valence-corrected chi connectivity index (χ1v) is 10.5. The minimum absolute atomic E-state index is 0. The third-order valence-corrected chi connectivity index (χ3v) is 7.09. The molecule has 0 bridgehead atoms. The number of carbonyl (C=O) groups excluding carboxylic acids is 1. The Morgan fingerprint density at radius 1 is 1.25 bits per heavy atom. The molecular formula is C16H32ClN3O3S. The van der Waals surface area contributed by atoms with Gasteiger partial charge >= 0.3 is 0 Å². The van der Waals surface area contributed by atoms with Crippen molar-refractivity contribution in [3.63, 3.8) is 0 Å². The minimum Gasteiger partial charge on any atom is -0.352 e. The smallest absolute Gasteiger partial charge is 0.223 e. The first-order valence-electron chi connectivity index (χ1n) is 8.93. The number of nitrogens with zero attached hydrogens (tertiary/aromatic N) is 1. The van der Waals surface area contributed by atoms with E-state index in [1.807, 2.05) is 6.92 Å². The van der Waals surface area contributed by atoms with Gasteiger partial charge in [-0.15, -0.1) is 12.4 Å². The predicted molar refractivity (Wildman–Crippen MR) is 98.8 cm³/mol. The van der Waals surface area contributed by atoms with Crippen LogP contribution in [0.5, 0.6) is 0 Å². The summed E-state index contributed by atoms with van der Waals surface area (Å²) in [5, 5.41) is 6.47. The number of unbranched alkanes of at least 4 members (excludes halogenated alkanes) is 1. The zero-order valence-electron chi connectivity index (χ0n) is 14.8. The maximum atomic E-state index is 12.4. The molecule has 1 amide bonds. The largest absolute Gasteiger partial charge is 0.352 e. The Balaban J connectivity index is 0.00000288. The molecule has 2 saturated heterocycles. The van der Waals surface area contributed by atoms with Crippen LogP contribution in [0.2, 0.25) is 0 Å². The van der Waals surface area contributed by atoms with Gasteiger partial charge < -0.3 is 10.6 Å². The van der Waals surface area contributed by atoms with E-state index in [4.69, 9.17) is 0 Å². The molecule has 2 rings (SSSR count). The monoisotopic (exact) mass is 381 g/mol. The van der Waals surface area contributed by atoms with E-state index in [1.54, 1.807) is 4.31 Å². The zero-order valence-corrected chi connectivity index (χ0v) is 16.4. The fraction of sp³-hybridized carbons (Fsp3) is 0.938. The molecule has 0 aliphatic carbocycles. The summed E-state index contributed by atoms with van der Waals surface area (Å²) < 4.78 is 26.0. The summed E-state index contributed by atoms with van der Waals surface area (Å²) in [7, 11) is -3.14. The Labute approximate surface area is 152 Å². The molecule has 2 atom stereocenters. The van der Waals surface area contributed by atoms with Crippen LogP contribution in [-0.2, 0) is 14.8 Å². The first-order chi connectivity index (χ1) is 10.9. The fourth-order valence-corrected chi connectivity index (χ4v) is 5.01. The van der Waals surface area contributed by atoms with Gasteiger partial charge in [0, 0.05) is 31.6 Å². The number of rotatable bonds is 6. The molecule has 0 saturated carbocycles. The van der Waals surface area contributed by atoms with Gasteiger partial charge in [0.15, 0.2) is 0 Å². The topological polar surface area (TPSA) is 78.5 Å². The summed E-state index contributed by atoms with van der Waals surface area (Å²) in [6.07, 6.45) is 3.93. The molecule has 2 heterocycles. The van der Waals surface area contributed by atoms with Crippen LogP contribution >= 0.6 is 12.4 Å². The molecule has 2 N–H and O–H groups in total. The average Bonchev–Trinajstić information content (AvgIpc) is 2.55. The van der Waals surface area contributed by atoms with E-state index in [9.17, 15) is 13.2 Å². The number of nitrogens with one attached hydrogen (secondary N) is 2. The maximum Gasteiger partial charge on any atom is 0.223 e. The summed E-state index contributed by atoms with van der Waals surface area (Å²) in [5.74, 6) is 0.763. The van der Waals surface area contributed by atoms with Crippen molar-refractivity contribution in [2.75, 3.05) is 31.9 Å². The van der Waals surface area contributed by atoms with Crippen molar-refractivity contribution in [2.24, 2.45) is 11.8 Å². The third-order valence-electron chi connectivity index (χ3n) is 5.13. The third kappa shape index (κ3) is 5.86. The SMILES string of the molecule is CCCCS(=O)(=O)N1CCC(C(=O)NC2CNCCC2C)CC1.Cl. The molecule has 2 aliphatic rings. The molecule has 0 aromatic heterocycles. The van der Waals surface area contributed by atoms with Crippen LogP contribution < -0.4 is 10.6 Å². The molecule has 0 aromatic rings. The summed E-state index contributed by atoms with van der Waals surface area (Å²) in [4.78, 5) is 12.4. The van der Waals surface area contributed by atoms with E-state index < -0.39 is 10.0 Å². The molecule has 0 aromatic carbocycles. The molecule has 6 nitrogen and oxygen atoms in total. The van der Waals surface area contributed by atoms with Crippen molar-refractivity contribution in [1.82, 2.24) is 14.9 Å². The number of amides is 1. The Morgan fingerprint density at radius 3 is 2.50 bits per heavy atom. The van der Waals surface area contributed by atoms with Crippen molar-refractivity contribution in [3.8, 4) is 0 Å². The van der Waals surface area contributed by atoms with Crippen LogP contribution in [0.25, 0.3) is 0 Å². The highest BCUT2D eigenvalue weighted by Gasteiger charge is 2.32.